The third kappa shape index (κ3) is 4.88. The van der Waals surface area contributed by atoms with Gasteiger partial charge in [-0.15, -0.1) is 0 Å². The molecule has 0 aliphatic heterocycles. The van der Waals surface area contributed by atoms with Crippen molar-refractivity contribution in [1.29, 1.82) is 0 Å². The van der Waals surface area contributed by atoms with Crippen LogP contribution in [-0.4, -0.2) is 11.2 Å². The molecule has 0 fully saturated rings. The molecule has 1 aromatic rings. The first-order valence-corrected chi connectivity index (χ1v) is 6.11. The Labute approximate surface area is 95.5 Å². The van der Waals surface area contributed by atoms with Crippen molar-refractivity contribution in [2.24, 2.45) is 0 Å². The summed E-state index contributed by atoms with van der Waals surface area (Å²) in [6.45, 7) is 5.89. The van der Waals surface area contributed by atoms with Crippen LogP contribution in [0.5, 0.6) is 0 Å². The van der Waals surface area contributed by atoms with E-state index in [1.54, 1.807) is 0 Å². The van der Waals surface area contributed by atoms with Crippen LogP contribution in [0.3, 0.4) is 0 Å². The van der Waals surface area contributed by atoms with Gasteiger partial charge < -0.3 is 5.32 Å². The molecule has 0 aliphatic carbocycles. The lowest BCUT2D eigenvalue weighted by Gasteiger charge is -2.07. The van der Waals surface area contributed by atoms with E-state index in [0.29, 0.717) is 5.25 Å². The first-order valence-electron chi connectivity index (χ1n) is 5.06. The van der Waals surface area contributed by atoms with E-state index in [2.05, 4.69) is 25.2 Å². The molecule has 3 heteroatoms. The highest BCUT2D eigenvalue weighted by molar-refractivity contribution is 7.99. The molecular weight excluding hydrogens is 206 g/mol. The fraction of sp³-hybridized carbons (Fsp3) is 0.417. The second kappa shape index (κ2) is 5.81. The van der Waals surface area contributed by atoms with Crippen molar-refractivity contribution in [1.82, 2.24) is 0 Å². The number of carbonyl (C=O) groups is 1. The van der Waals surface area contributed by atoms with Gasteiger partial charge in [0.15, 0.2) is 0 Å². The molecule has 0 unspecified atom stereocenters. The summed E-state index contributed by atoms with van der Waals surface area (Å²) < 4.78 is 0. The first kappa shape index (κ1) is 12.1. The smallest absolute Gasteiger partial charge is 0.221 e. The van der Waals surface area contributed by atoms with E-state index in [1.807, 2.05) is 30.0 Å². The number of carbonyl (C=O) groups excluding carboxylic acids is 1. The van der Waals surface area contributed by atoms with Crippen LogP contribution in [0, 0.1) is 0 Å². The molecular formula is C12H17NOS. The molecule has 0 saturated carbocycles. The maximum Gasteiger partial charge on any atom is 0.221 e. The number of benzene rings is 1. The highest BCUT2D eigenvalue weighted by atomic mass is 32.2. The SMILES string of the molecule is CC(=O)Nc1cccc(CSC(C)C)c1. The van der Waals surface area contributed by atoms with Crippen molar-refractivity contribution >= 4 is 23.4 Å². The Kier molecular flexibility index (Phi) is 4.69. The second-order valence-corrected chi connectivity index (χ2v) is 5.31. The maximum absolute atomic E-state index is 10.9. The molecule has 1 N–H and O–H groups in total. The molecule has 1 aromatic carbocycles. The Hall–Kier alpha value is -0.960. The number of rotatable bonds is 4. The number of hydrogen-bond donors (Lipinski definition) is 1. The monoisotopic (exact) mass is 223 g/mol. The van der Waals surface area contributed by atoms with Crippen LogP contribution >= 0.6 is 11.8 Å². The second-order valence-electron chi connectivity index (χ2n) is 3.74. The molecule has 0 radical (unpaired) electrons. The summed E-state index contributed by atoms with van der Waals surface area (Å²) in [4.78, 5) is 10.9. The predicted molar refractivity (Wildman–Crippen MR) is 67.2 cm³/mol. The van der Waals surface area contributed by atoms with E-state index in [1.165, 1.54) is 12.5 Å². The van der Waals surface area contributed by atoms with Crippen molar-refractivity contribution in [3.8, 4) is 0 Å². The van der Waals surface area contributed by atoms with Gasteiger partial charge in [-0.2, -0.15) is 11.8 Å². The van der Waals surface area contributed by atoms with Crippen LogP contribution in [-0.2, 0) is 10.5 Å². The molecule has 2 nitrogen and oxygen atoms in total. The van der Waals surface area contributed by atoms with Gasteiger partial charge in [-0.25, -0.2) is 0 Å². The summed E-state index contributed by atoms with van der Waals surface area (Å²) >= 11 is 1.90. The lowest BCUT2D eigenvalue weighted by atomic mass is 10.2. The summed E-state index contributed by atoms with van der Waals surface area (Å²) in [5.41, 5.74) is 2.13. The van der Waals surface area contributed by atoms with Crippen molar-refractivity contribution in [3.63, 3.8) is 0 Å². The van der Waals surface area contributed by atoms with Crippen LogP contribution in [0.25, 0.3) is 0 Å². The normalized spacial score (nSPS) is 10.4. The number of amides is 1. The zero-order chi connectivity index (χ0) is 11.3. The lowest BCUT2D eigenvalue weighted by Crippen LogP contribution is -2.05. The van der Waals surface area contributed by atoms with Crippen LogP contribution < -0.4 is 5.32 Å². The minimum absolute atomic E-state index is 0.0244. The van der Waals surface area contributed by atoms with Gasteiger partial charge in [0.2, 0.25) is 5.91 Å². The Balaban J connectivity index is 2.61. The predicted octanol–water partition coefficient (Wildman–Crippen LogP) is 3.29. The van der Waals surface area contributed by atoms with Gasteiger partial charge in [-0.05, 0) is 22.9 Å². The minimum Gasteiger partial charge on any atom is -0.326 e. The van der Waals surface area contributed by atoms with Gasteiger partial charge in [0, 0.05) is 18.4 Å². The van der Waals surface area contributed by atoms with Gasteiger partial charge >= 0.3 is 0 Å². The Morgan fingerprint density at radius 3 is 2.80 bits per heavy atom. The summed E-state index contributed by atoms with van der Waals surface area (Å²) in [6.07, 6.45) is 0. The van der Waals surface area contributed by atoms with Crippen molar-refractivity contribution in [2.45, 2.75) is 31.8 Å². The first-order chi connectivity index (χ1) is 7.08. The topological polar surface area (TPSA) is 29.1 Å². The molecule has 0 spiro atoms. The Morgan fingerprint density at radius 1 is 1.47 bits per heavy atom. The summed E-state index contributed by atoms with van der Waals surface area (Å²) in [7, 11) is 0. The largest absolute Gasteiger partial charge is 0.326 e. The lowest BCUT2D eigenvalue weighted by molar-refractivity contribution is -0.114. The van der Waals surface area contributed by atoms with E-state index < -0.39 is 0 Å². The standard InChI is InChI=1S/C12H17NOS/c1-9(2)15-8-11-5-4-6-12(7-11)13-10(3)14/h4-7,9H,8H2,1-3H3,(H,13,14). The molecule has 15 heavy (non-hydrogen) atoms. The van der Waals surface area contributed by atoms with Crippen molar-refractivity contribution < 1.29 is 4.79 Å². The average molecular weight is 223 g/mol. The number of thioether (sulfide) groups is 1. The van der Waals surface area contributed by atoms with E-state index in [9.17, 15) is 4.79 Å². The molecule has 0 bridgehead atoms. The van der Waals surface area contributed by atoms with Crippen LogP contribution in [0.4, 0.5) is 5.69 Å². The van der Waals surface area contributed by atoms with Gasteiger partial charge in [0.1, 0.15) is 0 Å². The zero-order valence-electron chi connectivity index (χ0n) is 9.41. The van der Waals surface area contributed by atoms with Crippen LogP contribution in [0.15, 0.2) is 24.3 Å². The molecule has 82 valence electrons. The summed E-state index contributed by atoms with van der Waals surface area (Å²) in [5.74, 6) is 0.967. The fourth-order valence-electron chi connectivity index (χ4n) is 1.21. The number of hydrogen-bond acceptors (Lipinski definition) is 2. The number of anilines is 1. The highest BCUT2D eigenvalue weighted by Crippen LogP contribution is 2.19. The highest BCUT2D eigenvalue weighted by Gasteiger charge is 1.99. The molecule has 0 aromatic heterocycles. The zero-order valence-corrected chi connectivity index (χ0v) is 10.2. The molecule has 0 heterocycles. The van der Waals surface area contributed by atoms with E-state index >= 15 is 0 Å². The molecule has 0 atom stereocenters. The van der Waals surface area contributed by atoms with Gasteiger partial charge in [-0.1, -0.05) is 26.0 Å². The van der Waals surface area contributed by atoms with Crippen molar-refractivity contribution in [3.05, 3.63) is 29.8 Å². The molecule has 1 amide bonds. The van der Waals surface area contributed by atoms with E-state index in [4.69, 9.17) is 0 Å². The van der Waals surface area contributed by atoms with Gasteiger partial charge in [0.05, 0.1) is 0 Å². The fourth-order valence-corrected chi connectivity index (χ4v) is 1.91. The Morgan fingerprint density at radius 2 is 2.20 bits per heavy atom. The molecule has 1 rings (SSSR count). The summed E-state index contributed by atoms with van der Waals surface area (Å²) in [5, 5.41) is 3.42. The quantitative estimate of drug-likeness (QED) is 0.848. The van der Waals surface area contributed by atoms with Crippen molar-refractivity contribution in [2.75, 3.05) is 5.32 Å². The van der Waals surface area contributed by atoms with Crippen LogP contribution in [0.1, 0.15) is 26.3 Å². The van der Waals surface area contributed by atoms with Gasteiger partial charge in [0.25, 0.3) is 0 Å². The maximum atomic E-state index is 10.9. The van der Waals surface area contributed by atoms with E-state index in [-0.39, 0.29) is 5.91 Å². The minimum atomic E-state index is -0.0244. The third-order valence-electron chi connectivity index (χ3n) is 1.83. The summed E-state index contributed by atoms with van der Waals surface area (Å²) in [6, 6.07) is 7.99. The molecule has 0 aliphatic rings. The third-order valence-corrected chi connectivity index (χ3v) is 3.00. The Bertz CT molecular complexity index is 336. The van der Waals surface area contributed by atoms with E-state index in [0.717, 1.165) is 11.4 Å². The van der Waals surface area contributed by atoms with Gasteiger partial charge in [-0.3, -0.25) is 4.79 Å². The average Bonchev–Trinajstić information content (AvgIpc) is 2.14. The number of nitrogens with one attached hydrogen (secondary N) is 1. The molecule has 0 saturated heterocycles. The van der Waals surface area contributed by atoms with Crippen LogP contribution in [0.2, 0.25) is 0 Å².